The number of ether oxygens (including phenoxy) is 2. The number of hydrogen-bond acceptors (Lipinski definition) is 4. The Morgan fingerprint density at radius 1 is 1.06 bits per heavy atom. The van der Waals surface area contributed by atoms with E-state index in [0.29, 0.717) is 12.8 Å². The van der Waals surface area contributed by atoms with E-state index in [1.54, 1.807) is 6.08 Å². The molecule has 0 fully saturated rings. The molecule has 4 nitrogen and oxygen atoms in total. The average Bonchev–Trinajstić information content (AvgIpc) is 2.24. The zero-order valence-electron chi connectivity index (χ0n) is 8.37. The first-order chi connectivity index (χ1) is 7.59. The number of rotatable bonds is 0. The number of carbonyl (C=O) groups is 2. The van der Waals surface area contributed by atoms with Crippen LogP contribution >= 0.6 is 23.2 Å². The molecular formula is C10H10Cl2O4. The minimum Gasteiger partial charge on any atom is -0.435 e. The van der Waals surface area contributed by atoms with Crippen LogP contribution in [0.3, 0.4) is 0 Å². The lowest BCUT2D eigenvalue weighted by Gasteiger charge is -2.05. The summed E-state index contributed by atoms with van der Waals surface area (Å²) in [6.07, 6.45) is 3.75. The molecule has 0 radical (unpaired) electrons. The van der Waals surface area contributed by atoms with Crippen LogP contribution in [0.4, 0.5) is 0 Å². The van der Waals surface area contributed by atoms with Crippen molar-refractivity contribution in [3.8, 4) is 0 Å². The van der Waals surface area contributed by atoms with Crippen molar-refractivity contribution in [2.75, 3.05) is 0 Å². The van der Waals surface area contributed by atoms with Gasteiger partial charge in [0.2, 0.25) is 5.22 Å². The average molecular weight is 265 g/mol. The molecule has 0 amide bonds. The lowest BCUT2D eigenvalue weighted by atomic mass is 10.3. The molecule has 0 N–H and O–H groups in total. The van der Waals surface area contributed by atoms with Crippen LogP contribution in [-0.2, 0) is 19.1 Å². The van der Waals surface area contributed by atoms with Gasteiger partial charge < -0.3 is 9.47 Å². The molecule has 0 atom stereocenters. The van der Waals surface area contributed by atoms with Crippen molar-refractivity contribution in [3.05, 3.63) is 22.6 Å². The van der Waals surface area contributed by atoms with Crippen LogP contribution in [0.2, 0.25) is 0 Å². The number of cyclic esters (lactones) is 2. The van der Waals surface area contributed by atoms with Gasteiger partial charge in [0, 0.05) is 0 Å². The van der Waals surface area contributed by atoms with E-state index in [4.69, 9.17) is 32.7 Å². The standard InChI is InChI=1S/C10H10Cl2O4/c11-7-3-1-2-6-15-8(13)4-5-9(14)16-10(7)12/h2,6H,1,3-5H2. The minimum atomic E-state index is -0.607. The molecule has 16 heavy (non-hydrogen) atoms. The van der Waals surface area contributed by atoms with E-state index in [1.165, 1.54) is 6.26 Å². The second kappa shape index (κ2) is 6.55. The van der Waals surface area contributed by atoms with Crippen molar-refractivity contribution < 1.29 is 19.1 Å². The summed E-state index contributed by atoms with van der Waals surface area (Å²) >= 11 is 11.4. The van der Waals surface area contributed by atoms with Crippen molar-refractivity contribution in [1.29, 1.82) is 0 Å². The second-order valence-corrected chi connectivity index (χ2v) is 3.85. The molecule has 0 aromatic carbocycles. The van der Waals surface area contributed by atoms with Crippen molar-refractivity contribution in [2.24, 2.45) is 0 Å². The molecular weight excluding hydrogens is 255 g/mol. The fourth-order valence-electron chi connectivity index (χ4n) is 0.970. The number of esters is 2. The molecule has 0 bridgehead atoms. The fraction of sp³-hybridized carbons (Fsp3) is 0.400. The van der Waals surface area contributed by atoms with E-state index < -0.39 is 11.9 Å². The van der Waals surface area contributed by atoms with Crippen LogP contribution in [0.25, 0.3) is 0 Å². The third-order valence-corrected chi connectivity index (χ3v) is 2.54. The Labute approximate surface area is 103 Å². The first kappa shape index (κ1) is 13.1. The van der Waals surface area contributed by atoms with Crippen LogP contribution in [0.1, 0.15) is 25.7 Å². The number of halogens is 2. The number of hydrogen-bond donors (Lipinski definition) is 0. The van der Waals surface area contributed by atoms with E-state index in [0.717, 1.165) is 0 Å². The quantitative estimate of drug-likeness (QED) is 0.632. The first-order valence-electron chi connectivity index (χ1n) is 4.69. The van der Waals surface area contributed by atoms with Crippen molar-refractivity contribution >= 4 is 35.1 Å². The maximum atomic E-state index is 11.2. The van der Waals surface area contributed by atoms with Crippen molar-refractivity contribution in [2.45, 2.75) is 25.7 Å². The largest absolute Gasteiger partial charge is 0.435 e. The topological polar surface area (TPSA) is 52.6 Å². The fourth-order valence-corrected chi connectivity index (χ4v) is 1.30. The highest BCUT2D eigenvalue weighted by Crippen LogP contribution is 2.21. The third kappa shape index (κ3) is 4.68. The van der Waals surface area contributed by atoms with Crippen molar-refractivity contribution in [3.63, 3.8) is 0 Å². The van der Waals surface area contributed by atoms with Gasteiger partial charge in [0.25, 0.3) is 0 Å². The maximum absolute atomic E-state index is 11.2. The van der Waals surface area contributed by atoms with Crippen LogP contribution in [0, 0.1) is 0 Å². The van der Waals surface area contributed by atoms with Gasteiger partial charge in [0.05, 0.1) is 24.1 Å². The van der Waals surface area contributed by atoms with Gasteiger partial charge in [0.15, 0.2) is 0 Å². The van der Waals surface area contributed by atoms with Gasteiger partial charge in [-0.05, 0) is 30.5 Å². The van der Waals surface area contributed by atoms with E-state index in [1.807, 2.05) is 0 Å². The summed E-state index contributed by atoms with van der Waals surface area (Å²) in [7, 11) is 0. The Balaban J connectivity index is 2.70. The summed E-state index contributed by atoms with van der Waals surface area (Å²) in [5.74, 6) is -1.09. The van der Waals surface area contributed by atoms with E-state index in [9.17, 15) is 9.59 Å². The molecule has 0 spiro atoms. The summed E-state index contributed by atoms with van der Waals surface area (Å²) in [5, 5.41) is 0.139. The lowest BCUT2D eigenvalue weighted by Crippen LogP contribution is -2.08. The van der Waals surface area contributed by atoms with Gasteiger partial charge in [-0.25, -0.2) is 0 Å². The highest BCUT2D eigenvalue weighted by atomic mass is 35.5. The molecule has 0 aromatic heterocycles. The molecule has 0 unspecified atom stereocenters. The molecule has 88 valence electrons. The summed E-state index contributed by atoms with van der Waals surface area (Å²) in [6.45, 7) is 0. The molecule has 1 heterocycles. The second-order valence-electron chi connectivity index (χ2n) is 3.05. The van der Waals surface area contributed by atoms with Crippen LogP contribution in [-0.4, -0.2) is 11.9 Å². The molecule has 0 aromatic rings. The highest BCUT2D eigenvalue weighted by molar-refractivity contribution is 6.38. The van der Waals surface area contributed by atoms with Gasteiger partial charge in [-0.2, -0.15) is 0 Å². The molecule has 0 saturated carbocycles. The zero-order chi connectivity index (χ0) is 12.0. The molecule has 0 aliphatic carbocycles. The van der Waals surface area contributed by atoms with Gasteiger partial charge in [-0.3, -0.25) is 9.59 Å². The van der Waals surface area contributed by atoms with Gasteiger partial charge in [-0.15, -0.1) is 0 Å². The van der Waals surface area contributed by atoms with Gasteiger partial charge in [-0.1, -0.05) is 11.6 Å². The van der Waals surface area contributed by atoms with Gasteiger partial charge in [0.1, 0.15) is 0 Å². The zero-order valence-corrected chi connectivity index (χ0v) is 9.88. The lowest BCUT2D eigenvalue weighted by molar-refractivity contribution is -0.144. The van der Waals surface area contributed by atoms with E-state index in [-0.39, 0.29) is 23.1 Å². The van der Waals surface area contributed by atoms with E-state index >= 15 is 0 Å². The molecule has 1 rings (SSSR count). The molecule has 0 saturated heterocycles. The Hall–Kier alpha value is -1.00. The summed E-state index contributed by atoms with van der Waals surface area (Å²) in [4.78, 5) is 22.2. The van der Waals surface area contributed by atoms with Crippen LogP contribution in [0.5, 0.6) is 0 Å². The van der Waals surface area contributed by atoms with Crippen molar-refractivity contribution in [1.82, 2.24) is 0 Å². The summed E-state index contributed by atoms with van der Waals surface area (Å²) < 4.78 is 9.43. The van der Waals surface area contributed by atoms with Gasteiger partial charge >= 0.3 is 11.9 Å². The molecule has 1 aliphatic heterocycles. The SMILES string of the molecule is O=C1CCC(=O)OC(Cl)=C(Cl)CCC=CO1. The minimum absolute atomic E-state index is 0.0506. The monoisotopic (exact) mass is 264 g/mol. The Bertz CT molecular complexity index is 347. The molecule has 1 aliphatic rings. The molecule has 6 heteroatoms. The summed E-state index contributed by atoms with van der Waals surface area (Å²) in [6, 6.07) is 0. The predicted molar refractivity (Wildman–Crippen MR) is 58.5 cm³/mol. The summed E-state index contributed by atoms with van der Waals surface area (Å²) in [5.41, 5.74) is 0. The Kier molecular flexibility index (Phi) is 5.35. The Morgan fingerprint density at radius 2 is 1.75 bits per heavy atom. The maximum Gasteiger partial charge on any atom is 0.312 e. The van der Waals surface area contributed by atoms with E-state index in [2.05, 4.69) is 0 Å². The predicted octanol–water partition coefficient (Wildman–Crippen LogP) is 2.81. The third-order valence-electron chi connectivity index (χ3n) is 1.78. The van der Waals surface area contributed by atoms with Crippen LogP contribution < -0.4 is 0 Å². The normalized spacial score (nSPS) is 19.6. The Morgan fingerprint density at radius 3 is 2.50 bits per heavy atom. The highest BCUT2D eigenvalue weighted by Gasteiger charge is 2.13. The first-order valence-corrected chi connectivity index (χ1v) is 5.44. The number of carbonyl (C=O) groups excluding carboxylic acids is 2. The number of allylic oxidation sites excluding steroid dienone is 2. The van der Waals surface area contributed by atoms with Crippen LogP contribution in [0.15, 0.2) is 22.6 Å². The smallest absolute Gasteiger partial charge is 0.312 e.